The van der Waals surface area contributed by atoms with E-state index in [-0.39, 0.29) is 30.7 Å². The van der Waals surface area contributed by atoms with E-state index < -0.39 is 0 Å². The molecule has 1 aliphatic heterocycles. The van der Waals surface area contributed by atoms with Crippen molar-refractivity contribution >= 4 is 42.1 Å². The molecule has 3 rings (SSSR count). The SMILES string of the molecule is CCOc1ccc(-c2nc(C)c(C(=O)NCCCN3CCNCC3)s2)cc1.Cl.Cl. The summed E-state index contributed by atoms with van der Waals surface area (Å²) in [5.74, 6) is 0.819. The average molecular weight is 461 g/mol. The second-order valence-electron chi connectivity index (χ2n) is 6.59. The van der Waals surface area contributed by atoms with Crippen LogP contribution in [0.25, 0.3) is 10.6 Å². The van der Waals surface area contributed by atoms with Crippen molar-refractivity contribution in [2.45, 2.75) is 20.3 Å². The van der Waals surface area contributed by atoms with Crippen LogP contribution in [0.4, 0.5) is 0 Å². The van der Waals surface area contributed by atoms with Gasteiger partial charge in [-0.1, -0.05) is 0 Å². The lowest BCUT2D eigenvalue weighted by Crippen LogP contribution is -2.44. The Hall–Kier alpha value is -1.38. The molecule has 0 radical (unpaired) electrons. The van der Waals surface area contributed by atoms with Gasteiger partial charge in [0.1, 0.15) is 15.6 Å². The number of aromatic nitrogens is 1. The summed E-state index contributed by atoms with van der Waals surface area (Å²) in [5.41, 5.74) is 1.79. The third-order valence-electron chi connectivity index (χ3n) is 4.56. The molecular formula is C20H30Cl2N4O2S. The largest absolute Gasteiger partial charge is 0.494 e. The summed E-state index contributed by atoms with van der Waals surface area (Å²) in [6, 6.07) is 7.84. The van der Waals surface area contributed by atoms with Gasteiger partial charge in [0, 0.05) is 38.3 Å². The Morgan fingerprint density at radius 2 is 1.93 bits per heavy atom. The molecule has 0 atom stereocenters. The lowest BCUT2D eigenvalue weighted by Gasteiger charge is -2.27. The molecule has 0 bridgehead atoms. The lowest BCUT2D eigenvalue weighted by molar-refractivity contribution is 0.0954. The third kappa shape index (κ3) is 7.42. The van der Waals surface area contributed by atoms with Crippen molar-refractivity contribution in [3.8, 4) is 16.3 Å². The number of nitrogens with zero attached hydrogens (tertiary/aromatic N) is 2. The minimum absolute atomic E-state index is 0. The molecule has 162 valence electrons. The highest BCUT2D eigenvalue weighted by Gasteiger charge is 2.16. The number of rotatable bonds is 8. The Labute approximate surface area is 189 Å². The Balaban J connectivity index is 0.00000210. The van der Waals surface area contributed by atoms with Crippen LogP contribution in [-0.4, -0.2) is 61.7 Å². The van der Waals surface area contributed by atoms with Crippen LogP contribution in [0.5, 0.6) is 5.75 Å². The van der Waals surface area contributed by atoms with Crippen molar-refractivity contribution in [2.75, 3.05) is 45.9 Å². The molecule has 2 aromatic rings. The molecule has 29 heavy (non-hydrogen) atoms. The van der Waals surface area contributed by atoms with E-state index in [0.717, 1.165) is 61.2 Å². The highest BCUT2D eigenvalue weighted by Crippen LogP contribution is 2.29. The van der Waals surface area contributed by atoms with Crippen LogP contribution in [0.15, 0.2) is 24.3 Å². The highest BCUT2D eigenvalue weighted by molar-refractivity contribution is 7.17. The van der Waals surface area contributed by atoms with Crippen molar-refractivity contribution in [1.29, 1.82) is 0 Å². The molecule has 0 spiro atoms. The fourth-order valence-electron chi connectivity index (χ4n) is 3.11. The number of aryl methyl sites for hydroxylation is 1. The maximum atomic E-state index is 12.5. The van der Waals surface area contributed by atoms with Crippen molar-refractivity contribution < 1.29 is 9.53 Å². The molecule has 0 unspecified atom stereocenters. The Bertz CT molecular complexity index is 749. The van der Waals surface area contributed by atoms with Crippen molar-refractivity contribution in [2.24, 2.45) is 0 Å². The number of carbonyl (C=O) groups is 1. The van der Waals surface area contributed by atoms with Gasteiger partial charge in [-0.05, 0) is 51.1 Å². The maximum absolute atomic E-state index is 12.5. The zero-order valence-electron chi connectivity index (χ0n) is 16.9. The number of hydrogen-bond donors (Lipinski definition) is 2. The fourth-order valence-corrected chi connectivity index (χ4v) is 4.10. The van der Waals surface area contributed by atoms with E-state index in [1.807, 2.05) is 38.1 Å². The van der Waals surface area contributed by atoms with Crippen molar-refractivity contribution in [3.05, 3.63) is 34.8 Å². The molecule has 1 fully saturated rings. The summed E-state index contributed by atoms with van der Waals surface area (Å²) in [6.07, 6.45) is 0.968. The molecule has 0 saturated carbocycles. The summed E-state index contributed by atoms with van der Waals surface area (Å²) in [5, 5.41) is 7.25. The minimum atomic E-state index is -0.0255. The van der Waals surface area contributed by atoms with Gasteiger partial charge in [0.25, 0.3) is 5.91 Å². The quantitative estimate of drug-likeness (QED) is 0.590. The van der Waals surface area contributed by atoms with Gasteiger partial charge in [-0.2, -0.15) is 0 Å². The van der Waals surface area contributed by atoms with Gasteiger partial charge in [0.2, 0.25) is 0 Å². The number of piperazine rings is 1. The summed E-state index contributed by atoms with van der Waals surface area (Å²) >= 11 is 1.44. The number of hydrogen-bond acceptors (Lipinski definition) is 6. The molecule has 9 heteroatoms. The zero-order valence-corrected chi connectivity index (χ0v) is 19.4. The topological polar surface area (TPSA) is 66.5 Å². The number of thiazole rings is 1. The van der Waals surface area contributed by atoms with Gasteiger partial charge in [-0.15, -0.1) is 36.2 Å². The fraction of sp³-hybridized carbons (Fsp3) is 0.500. The maximum Gasteiger partial charge on any atom is 0.263 e. The monoisotopic (exact) mass is 460 g/mol. The molecule has 1 aliphatic rings. The van der Waals surface area contributed by atoms with E-state index in [4.69, 9.17) is 4.74 Å². The number of ether oxygens (including phenoxy) is 1. The second-order valence-corrected chi connectivity index (χ2v) is 7.59. The van der Waals surface area contributed by atoms with E-state index in [9.17, 15) is 4.79 Å². The van der Waals surface area contributed by atoms with E-state index >= 15 is 0 Å². The molecule has 1 saturated heterocycles. The number of carbonyl (C=O) groups excluding carboxylic acids is 1. The molecule has 2 heterocycles. The van der Waals surface area contributed by atoms with Crippen LogP contribution < -0.4 is 15.4 Å². The van der Waals surface area contributed by atoms with Crippen molar-refractivity contribution in [3.63, 3.8) is 0 Å². The van der Waals surface area contributed by atoms with Crippen LogP contribution in [0.2, 0.25) is 0 Å². The Morgan fingerprint density at radius 1 is 1.24 bits per heavy atom. The number of benzene rings is 1. The highest BCUT2D eigenvalue weighted by atomic mass is 35.5. The predicted molar refractivity (Wildman–Crippen MR) is 124 cm³/mol. The smallest absolute Gasteiger partial charge is 0.263 e. The molecular weight excluding hydrogens is 431 g/mol. The zero-order chi connectivity index (χ0) is 19.1. The standard InChI is InChI=1S/C20H28N4O2S.2ClH/c1-3-26-17-7-5-16(6-8-17)20-23-15(2)18(27-20)19(25)22-9-4-12-24-13-10-21-11-14-24;;/h5-8,21H,3-4,9-14H2,1-2H3,(H,22,25);2*1H. The summed E-state index contributed by atoms with van der Waals surface area (Å²) in [6.45, 7) is 10.5. The van der Waals surface area contributed by atoms with E-state index in [1.54, 1.807) is 0 Å². The molecule has 1 aromatic carbocycles. The number of nitrogens with one attached hydrogen (secondary N) is 2. The normalized spacial score (nSPS) is 13.9. The van der Waals surface area contributed by atoms with Crippen LogP contribution in [0.1, 0.15) is 28.7 Å². The van der Waals surface area contributed by atoms with E-state index in [0.29, 0.717) is 18.0 Å². The van der Waals surface area contributed by atoms with Gasteiger partial charge >= 0.3 is 0 Å². The average Bonchev–Trinajstić information content (AvgIpc) is 3.08. The first kappa shape index (κ1) is 25.7. The van der Waals surface area contributed by atoms with Crippen LogP contribution >= 0.6 is 36.2 Å². The predicted octanol–water partition coefficient (Wildman–Crippen LogP) is 3.39. The van der Waals surface area contributed by atoms with Crippen molar-refractivity contribution in [1.82, 2.24) is 20.5 Å². The summed E-state index contributed by atoms with van der Waals surface area (Å²) in [7, 11) is 0. The van der Waals surface area contributed by atoms with Gasteiger partial charge in [0.05, 0.1) is 12.3 Å². The molecule has 0 aliphatic carbocycles. The number of halogens is 2. The lowest BCUT2D eigenvalue weighted by atomic mass is 10.2. The minimum Gasteiger partial charge on any atom is -0.494 e. The third-order valence-corrected chi connectivity index (χ3v) is 5.77. The molecule has 2 N–H and O–H groups in total. The van der Waals surface area contributed by atoms with E-state index in [1.165, 1.54) is 11.3 Å². The first-order valence-corrected chi connectivity index (χ1v) is 10.4. The Kier molecular flexibility index (Phi) is 11.5. The first-order chi connectivity index (χ1) is 13.2. The first-order valence-electron chi connectivity index (χ1n) is 9.59. The van der Waals surface area contributed by atoms with Gasteiger partial charge in [0.15, 0.2) is 0 Å². The summed E-state index contributed by atoms with van der Waals surface area (Å²) in [4.78, 5) is 20.2. The van der Waals surface area contributed by atoms with Crippen LogP contribution in [0.3, 0.4) is 0 Å². The second kappa shape index (κ2) is 13.0. The van der Waals surface area contributed by atoms with Gasteiger partial charge in [-0.3, -0.25) is 4.79 Å². The van der Waals surface area contributed by atoms with Gasteiger partial charge < -0.3 is 20.3 Å². The molecule has 1 aromatic heterocycles. The number of amides is 1. The molecule has 6 nitrogen and oxygen atoms in total. The van der Waals surface area contributed by atoms with Crippen LogP contribution in [-0.2, 0) is 0 Å². The van der Waals surface area contributed by atoms with E-state index in [2.05, 4.69) is 20.5 Å². The van der Waals surface area contributed by atoms with Crippen LogP contribution in [0, 0.1) is 6.92 Å². The Morgan fingerprint density at radius 3 is 2.59 bits per heavy atom. The molecule has 1 amide bonds. The van der Waals surface area contributed by atoms with Gasteiger partial charge in [-0.25, -0.2) is 4.98 Å². The summed E-state index contributed by atoms with van der Waals surface area (Å²) < 4.78 is 5.47.